The first-order valence-corrected chi connectivity index (χ1v) is 8.47. The maximum absolute atomic E-state index is 11.8. The van der Waals surface area contributed by atoms with Crippen LogP contribution in [-0.2, 0) is 16.0 Å². The van der Waals surface area contributed by atoms with Crippen molar-refractivity contribution in [1.29, 1.82) is 0 Å². The standard InChI is InChI=1S/C19H18BrN3O2/c20-17(11-15-7-3-1-4-8-15)13-22-23-19(25)14-21-18(24)12-16-9-5-2-6-10-16/h1-11,13H,12,14H2,(H,21,24)(H,23,25)/b17-11-,22-13-. The fourth-order valence-electron chi connectivity index (χ4n) is 1.97. The van der Waals surface area contributed by atoms with Crippen LogP contribution in [-0.4, -0.2) is 24.6 Å². The van der Waals surface area contributed by atoms with Gasteiger partial charge in [0.05, 0.1) is 19.2 Å². The van der Waals surface area contributed by atoms with Crippen LogP contribution in [0.4, 0.5) is 0 Å². The molecule has 0 saturated carbocycles. The molecule has 2 amide bonds. The Labute approximate surface area is 155 Å². The van der Waals surface area contributed by atoms with Crippen molar-refractivity contribution in [2.24, 2.45) is 5.10 Å². The number of nitrogens with zero attached hydrogens (tertiary/aromatic N) is 1. The minimum atomic E-state index is -0.391. The first-order chi connectivity index (χ1) is 12.1. The number of amides is 2. The Hall–Kier alpha value is -2.73. The summed E-state index contributed by atoms with van der Waals surface area (Å²) in [5, 5.41) is 6.40. The number of hydrazone groups is 1. The number of hydrogen-bond acceptors (Lipinski definition) is 3. The van der Waals surface area contributed by atoms with Gasteiger partial charge in [0, 0.05) is 4.48 Å². The molecule has 0 fully saturated rings. The Morgan fingerprint density at radius 1 is 0.960 bits per heavy atom. The molecule has 0 saturated heterocycles. The molecule has 0 aliphatic heterocycles. The van der Waals surface area contributed by atoms with E-state index in [0.29, 0.717) is 4.48 Å². The molecule has 0 heterocycles. The summed E-state index contributed by atoms with van der Waals surface area (Å²) < 4.78 is 0.715. The van der Waals surface area contributed by atoms with Crippen LogP contribution >= 0.6 is 15.9 Å². The number of carbonyl (C=O) groups excluding carboxylic acids is 2. The Morgan fingerprint density at radius 3 is 2.28 bits per heavy atom. The van der Waals surface area contributed by atoms with E-state index in [9.17, 15) is 9.59 Å². The number of hydrogen-bond donors (Lipinski definition) is 2. The van der Waals surface area contributed by atoms with Crippen LogP contribution in [0.5, 0.6) is 0 Å². The van der Waals surface area contributed by atoms with Crippen LogP contribution < -0.4 is 10.7 Å². The van der Waals surface area contributed by atoms with E-state index >= 15 is 0 Å². The average Bonchev–Trinajstić information content (AvgIpc) is 2.62. The minimum absolute atomic E-state index is 0.122. The summed E-state index contributed by atoms with van der Waals surface area (Å²) in [6.45, 7) is -0.122. The third-order valence-corrected chi connectivity index (χ3v) is 3.57. The van der Waals surface area contributed by atoms with E-state index in [1.807, 2.05) is 66.7 Å². The van der Waals surface area contributed by atoms with Gasteiger partial charge in [0.25, 0.3) is 5.91 Å². The van der Waals surface area contributed by atoms with E-state index in [4.69, 9.17) is 0 Å². The molecule has 0 bridgehead atoms. The summed E-state index contributed by atoms with van der Waals surface area (Å²) in [7, 11) is 0. The van der Waals surface area contributed by atoms with Gasteiger partial charge in [-0.3, -0.25) is 9.59 Å². The zero-order valence-corrected chi connectivity index (χ0v) is 15.1. The van der Waals surface area contributed by atoms with Crippen LogP contribution in [0.15, 0.2) is 70.2 Å². The molecule has 2 rings (SSSR count). The molecule has 0 radical (unpaired) electrons. The molecule has 0 atom stereocenters. The van der Waals surface area contributed by atoms with E-state index in [1.54, 1.807) is 0 Å². The van der Waals surface area contributed by atoms with Gasteiger partial charge in [0.15, 0.2) is 0 Å². The molecule has 0 aromatic heterocycles. The van der Waals surface area contributed by atoms with E-state index in [0.717, 1.165) is 11.1 Å². The van der Waals surface area contributed by atoms with Gasteiger partial charge < -0.3 is 5.32 Å². The monoisotopic (exact) mass is 399 g/mol. The van der Waals surface area contributed by atoms with Crippen LogP contribution in [0, 0.1) is 0 Å². The minimum Gasteiger partial charge on any atom is -0.347 e. The Kier molecular flexibility index (Phi) is 7.59. The number of allylic oxidation sites excluding steroid dienone is 1. The zero-order chi connectivity index (χ0) is 17.9. The number of rotatable bonds is 7. The van der Waals surface area contributed by atoms with Crippen molar-refractivity contribution >= 4 is 40.0 Å². The molecule has 2 N–H and O–H groups in total. The normalized spacial score (nSPS) is 11.3. The van der Waals surface area contributed by atoms with Gasteiger partial charge >= 0.3 is 0 Å². The smallest absolute Gasteiger partial charge is 0.259 e. The fraction of sp³-hybridized carbons (Fsp3) is 0.105. The van der Waals surface area contributed by atoms with Crippen molar-refractivity contribution in [3.05, 3.63) is 76.3 Å². The van der Waals surface area contributed by atoms with E-state index in [2.05, 4.69) is 31.8 Å². The molecular formula is C19H18BrN3O2. The molecule has 5 nitrogen and oxygen atoms in total. The molecule has 2 aromatic rings. The lowest BCUT2D eigenvalue weighted by molar-refractivity contribution is -0.125. The number of carbonyl (C=O) groups is 2. The average molecular weight is 400 g/mol. The van der Waals surface area contributed by atoms with Crippen molar-refractivity contribution in [2.75, 3.05) is 6.54 Å². The van der Waals surface area contributed by atoms with Gasteiger partial charge in [-0.25, -0.2) is 5.43 Å². The summed E-state index contributed by atoms with van der Waals surface area (Å²) >= 11 is 3.35. The van der Waals surface area contributed by atoms with Gasteiger partial charge in [0.2, 0.25) is 5.91 Å². The second-order valence-electron chi connectivity index (χ2n) is 5.17. The highest BCUT2D eigenvalue weighted by molar-refractivity contribution is 9.12. The largest absolute Gasteiger partial charge is 0.347 e. The fourth-order valence-corrected chi connectivity index (χ4v) is 2.34. The first kappa shape index (κ1) is 18.6. The Morgan fingerprint density at radius 2 is 1.60 bits per heavy atom. The third-order valence-electron chi connectivity index (χ3n) is 3.13. The predicted octanol–water partition coefficient (Wildman–Crippen LogP) is 2.88. The topological polar surface area (TPSA) is 70.6 Å². The second-order valence-corrected chi connectivity index (χ2v) is 6.09. The van der Waals surface area contributed by atoms with Gasteiger partial charge in [-0.15, -0.1) is 0 Å². The van der Waals surface area contributed by atoms with Gasteiger partial charge in [-0.2, -0.15) is 5.10 Å². The lowest BCUT2D eigenvalue weighted by atomic mass is 10.1. The summed E-state index contributed by atoms with van der Waals surface area (Å²) in [6, 6.07) is 19.1. The molecule has 128 valence electrons. The maximum atomic E-state index is 11.8. The zero-order valence-electron chi connectivity index (χ0n) is 13.5. The van der Waals surface area contributed by atoms with Crippen molar-refractivity contribution in [2.45, 2.75) is 6.42 Å². The lowest BCUT2D eigenvalue weighted by Gasteiger charge is -2.04. The second kappa shape index (κ2) is 10.2. The number of nitrogens with one attached hydrogen (secondary N) is 2. The highest BCUT2D eigenvalue weighted by Crippen LogP contribution is 2.09. The van der Waals surface area contributed by atoms with E-state index in [-0.39, 0.29) is 18.9 Å². The van der Waals surface area contributed by atoms with Crippen LogP contribution in [0.2, 0.25) is 0 Å². The number of benzene rings is 2. The molecule has 0 spiro atoms. The molecule has 0 aliphatic rings. The summed E-state index contributed by atoms with van der Waals surface area (Å²) in [5.41, 5.74) is 4.27. The third kappa shape index (κ3) is 7.58. The van der Waals surface area contributed by atoms with Gasteiger partial charge in [0.1, 0.15) is 0 Å². The first-order valence-electron chi connectivity index (χ1n) is 7.68. The van der Waals surface area contributed by atoms with Crippen molar-refractivity contribution < 1.29 is 9.59 Å². The lowest BCUT2D eigenvalue weighted by Crippen LogP contribution is -2.35. The summed E-state index contributed by atoms with van der Waals surface area (Å²) in [4.78, 5) is 23.4. The summed E-state index contributed by atoms with van der Waals surface area (Å²) in [6.07, 6.45) is 3.59. The van der Waals surface area contributed by atoms with E-state index < -0.39 is 5.91 Å². The molecule has 6 heteroatoms. The molecule has 0 unspecified atom stereocenters. The van der Waals surface area contributed by atoms with Crippen LogP contribution in [0.25, 0.3) is 6.08 Å². The van der Waals surface area contributed by atoms with Crippen molar-refractivity contribution in [1.82, 2.24) is 10.7 Å². The Bertz CT molecular complexity index is 759. The van der Waals surface area contributed by atoms with Crippen LogP contribution in [0.1, 0.15) is 11.1 Å². The van der Waals surface area contributed by atoms with Crippen molar-refractivity contribution in [3.63, 3.8) is 0 Å². The van der Waals surface area contributed by atoms with Crippen molar-refractivity contribution in [3.8, 4) is 0 Å². The van der Waals surface area contributed by atoms with Gasteiger partial charge in [-0.05, 0) is 33.1 Å². The van der Waals surface area contributed by atoms with Crippen LogP contribution in [0.3, 0.4) is 0 Å². The summed E-state index contributed by atoms with van der Waals surface area (Å²) in [5.74, 6) is -0.604. The molecular weight excluding hydrogens is 382 g/mol. The SMILES string of the molecule is O=C(Cc1ccccc1)NCC(=O)N/N=C\C(Br)=C\c1ccccc1. The number of halogens is 1. The predicted molar refractivity (Wildman–Crippen MR) is 103 cm³/mol. The highest BCUT2D eigenvalue weighted by Gasteiger charge is 2.05. The quantitative estimate of drug-likeness (QED) is 0.554. The maximum Gasteiger partial charge on any atom is 0.259 e. The molecule has 0 aliphatic carbocycles. The Balaban J connectivity index is 1.71. The van der Waals surface area contributed by atoms with Gasteiger partial charge in [-0.1, -0.05) is 60.7 Å². The molecule has 2 aromatic carbocycles. The highest BCUT2D eigenvalue weighted by atomic mass is 79.9. The van der Waals surface area contributed by atoms with E-state index in [1.165, 1.54) is 6.21 Å². The molecule has 25 heavy (non-hydrogen) atoms.